The minimum Gasteiger partial charge on any atom is -0.480 e. The van der Waals surface area contributed by atoms with Crippen molar-refractivity contribution in [1.82, 2.24) is 10.2 Å². The maximum Gasteiger partial charge on any atom is 0.326 e. The van der Waals surface area contributed by atoms with Crippen molar-refractivity contribution in [3.05, 3.63) is 23.7 Å². The predicted octanol–water partition coefficient (Wildman–Crippen LogP) is 2.23. The molecule has 1 rings (SSSR count). The fraction of sp³-hybridized carbons (Fsp3) is 0.571. The highest BCUT2D eigenvalue weighted by atomic mass is 16.4. The van der Waals surface area contributed by atoms with E-state index in [1.54, 1.807) is 13.1 Å². The Kier molecular flexibility index (Phi) is 5.61. The number of hydrogen-bond acceptors (Lipinski definition) is 3. The average molecular weight is 282 g/mol. The molecular weight excluding hydrogens is 260 g/mol. The molecule has 0 radical (unpaired) electrons. The smallest absolute Gasteiger partial charge is 0.326 e. The molecule has 0 saturated carbocycles. The molecule has 0 unspecified atom stereocenters. The van der Waals surface area contributed by atoms with E-state index in [2.05, 4.69) is 5.32 Å². The van der Waals surface area contributed by atoms with Gasteiger partial charge >= 0.3 is 12.0 Å². The maximum absolute atomic E-state index is 12.0. The van der Waals surface area contributed by atoms with Gasteiger partial charge in [-0.1, -0.05) is 13.8 Å². The zero-order chi connectivity index (χ0) is 15.3. The number of carboxylic acid groups (broad SMARTS) is 1. The SMILES string of the molecule is Cc1ccc(CN(C)C(=O)N[C@@H](CC(C)C)C(=O)O)o1. The number of urea groups is 1. The first-order valence-corrected chi connectivity index (χ1v) is 6.59. The molecule has 0 aromatic carbocycles. The van der Waals surface area contributed by atoms with Crippen molar-refractivity contribution in [2.45, 2.75) is 39.8 Å². The number of nitrogens with zero attached hydrogens (tertiary/aromatic N) is 1. The third kappa shape index (κ3) is 4.95. The molecule has 1 atom stereocenters. The molecule has 1 aromatic heterocycles. The summed E-state index contributed by atoms with van der Waals surface area (Å²) in [5.41, 5.74) is 0. The van der Waals surface area contributed by atoms with Gasteiger partial charge in [-0.05, 0) is 31.4 Å². The van der Waals surface area contributed by atoms with E-state index in [1.807, 2.05) is 26.8 Å². The number of carbonyl (C=O) groups excluding carboxylic acids is 1. The van der Waals surface area contributed by atoms with E-state index >= 15 is 0 Å². The van der Waals surface area contributed by atoms with Crippen LogP contribution in [0, 0.1) is 12.8 Å². The average Bonchev–Trinajstić information content (AvgIpc) is 2.72. The summed E-state index contributed by atoms with van der Waals surface area (Å²) in [5.74, 6) is 0.608. The van der Waals surface area contributed by atoms with Gasteiger partial charge in [-0.25, -0.2) is 9.59 Å². The Morgan fingerprint density at radius 3 is 2.50 bits per heavy atom. The zero-order valence-corrected chi connectivity index (χ0v) is 12.3. The molecule has 0 aliphatic rings. The van der Waals surface area contributed by atoms with Gasteiger partial charge in [0.1, 0.15) is 17.6 Å². The van der Waals surface area contributed by atoms with E-state index in [1.165, 1.54) is 4.90 Å². The van der Waals surface area contributed by atoms with Crippen LogP contribution in [0.1, 0.15) is 31.8 Å². The first-order chi connectivity index (χ1) is 9.29. The molecule has 6 nitrogen and oxygen atoms in total. The molecule has 1 aromatic rings. The normalized spacial score (nSPS) is 12.2. The number of aliphatic carboxylic acids is 1. The summed E-state index contributed by atoms with van der Waals surface area (Å²) in [4.78, 5) is 24.5. The Morgan fingerprint density at radius 2 is 2.05 bits per heavy atom. The van der Waals surface area contributed by atoms with Gasteiger partial charge in [0.2, 0.25) is 0 Å². The van der Waals surface area contributed by atoms with Crippen molar-refractivity contribution < 1.29 is 19.1 Å². The standard InChI is InChI=1S/C14H22N2O4/c1-9(2)7-12(13(17)18)15-14(19)16(4)8-11-6-5-10(3)20-11/h5-6,9,12H,7-8H2,1-4H3,(H,15,19)(H,17,18)/t12-/m0/s1. The minimum atomic E-state index is -1.02. The Labute approximate surface area is 118 Å². The van der Waals surface area contributed by atoms with E-state index < -0.39 is 18.0 Å². The molecule has 2 amide bonds. The van der Waals surface area contributed by atoms with E-state index in [-0.39, 0.29) is 5.92 Å². The second-order valence-corrected chi connectivity index (χ2v) is 5.34. The summed E-state index contributed by atoms with van der Waals surface area (Å²) in [7, 11) is 1.60. The van der Waals surface area contributed by atoms with Crippen LogP contribution in [-0.2, 0) is 11.3 Å². The van der Waals surface area contributed by atoms with Crippen LogP contribution in [0.5, 0.6) is 0 Å². The Balaban J connectivity index is 2.57. The van der Waals surface area contributed by atoms with Crippen molar-refractivity contribution in [3.8, 4) is 0 Å². The Morgan fingerprint density at radius 1 is 1.40 bits per heavy atom. The van der Waals surface area contributed by atoms with Gasteiger partial charge < -0.3 is 19.7 Å². The highest BCUT2D eigenvalue weighted by molar-refractivity contribution is 5.82. The molecule has 0 spiro atoms. The first-order valence-electron chi connectivity index (χ1n) is 6.59. The third-order valence-corrected chi connectivity index (χ3v) is 2.84. The molecule has 0 fully saturated rings. The summed E-state index contributed by atoms with van der Waals surface area (Å²) in [6.07, 6.45) is 0.398. The number of nitrogens with one attached hydrogen (secondary N) is 1. The highest BCUT2D eigenvalue weighted by Gasteiger charge is 2.23. The number of carboxylic acids is 1. The fourth-order valence-corrected chi connectivity index (χ4v) is 1.83. The quantitative estimate of drug-likeness (QED) is 0.838. The van der Waals surface area contributed by atoms with Gasteiger partial charge in [-0.15, -0.1) is 0 Å². The fourth-order valence-electron chi connectivity index (χ4n) is 1.83. The third-order valence-electron chi connectivity index (χ3n) is 2.84. The maximum atomic E-state index is 12.0. The van der Waals surface area contributed by atoms with Gasteiger partial charge in [0.25, 0.3) is 0 Å². The van der Waals surface area contributed by atoms with E-state index in [9.17, 15) is 9.59 Å². The van der Waals surface area contributed by atoms with Crippen LogP contribution in [-0.4, -0.2) is 35.1 Å². The number of aryl methyl sites for hydroxylation is 1. The predicted molar refractivity (Wildman–Crippen MR) is 74.3 cm³/mol. The molecular formula is C14H22N2O4. The lowest BCUT2D eigenvalue weighted by molar-refractivity contribution is -0.139. The molecule has 2 N–H and O–H groups in total. The zero-order valence-electron chi connectivity index (χ0n) is 12.3. The van der Waals surface area contributed by atoms with E-state index in [4.69, 9.17) is 9.52 Å². The van der Waals surface area contributed by atoms with Gasteiger partial charge in [-0.3, -0.25) is 0 Å². The van der Waals surface area contributed by atoms with Crippen LogP contribution < -0.4 is 5.32 Å². The van der Waals surface area contributed by atoms with Gasteiger partial charge in [0, 0.05) is 7.05 Å². The Bertz CT molecular complexity index is 467. The van der Waals surface area contributed by atoms with Gasteiger partial charge in [0.05, 0.1) is 6.54 Å². The van der Waals surface area contributed by atoms with Crippen molar-refractivity contribution in [2.24, 2.45) is 5.92 Å². The summed E-state index contributed by atoms with van der Waals surface area (Å²) in [5, 5.41) is 11.6. The van der Waals surface area contributed by atoms with Crippen LogP contribution in [0.4, 0.5) is 4.79 Å². The number of rotatable bonds is 6. The highest BCUT2D eigenvalue weighted by Crippen LogP contribution is 2.10. The number of furan rings is 1. The second kappa shape index (κ2) is 6.98. The molecule has 6 heteroatoms. The first kappa shape index (κ1) is 16.1. The summed E-state index contributed by atoms with van der Waals surface area (Å²) >= 11 is 0. The molecule has 112 valence electrons. The van der Waals surface area contributed by atoms with Crippen LogP contribution in [0.25, 0.3) is 0 Å². The molecule has 20 heavy (non-hydrogen) atoms. The topological polar surface area (TPSA) is 82.8 Å². The van der Waals surface area contributed by atoms with Gasteiger partial charge in [0.15, 0.2) is 0 Å². The summed E-state index contributed by atoms with van der Waals surface area (Å²) < 4.78 is 5.38. The van der Waals surface area contributed by atoms with Crippen molar-refractivity contribution >= 4 is 12.0 Å². The summed E-state index contributed by atoms with van der Waals surface area (Å²) in [6, 6.07) is 2.32. The number of hydrogen-bond donors (Lipinski definition) is 2. The van der Waals surface area contributed by atoms with Crippen molar-refractivity contribution in [2.75, 3.05) is 7.05 Å². The van der Waals surface area contributed by atoms with E-state index in [0.717, 1.165) is 5.76 Å². The minimum absolute atomic E-state index is 0.189. The van der Waals surface area contributed by atoms with Gasteiger partial charge in [-0.2, -0.15) is 0 Å². The van der Waals surface area contributed by atoms with Crippen molar-refractivity contribution in [3.63, 3.8) is 0 Å². The van der Waals surface area contributed by atoms with Crippen LogP contribution >= 0.6 is 0 Å². The van der Waals surface area contributed by atoms with Crippen LogP contribution in [0.2, 0.25) is 0 Å². The lowest BCUT2D eigenvalue weighted by Gasteiger charge is -2.21. The number of carbonyl (C=O) groups is 2. The Hall–Kier alpha value is -1.98. The molecule has 1 heterocycles. The number of amides is 2. The molecule has 0 aliphatic carbocycles. The molecule has 0 bridgehead atoms. The second-order valence-electron chi connectivity index (χ2n) is 5.34. The largest absolute Gasteiger partial charge is 0.480 e. The summed E-state index contributed by atoms with van der Waals surface area (Å²) in [6.45, 7) is 5.95. The lowest BCUT2D eigenvalue weighted by Crippen LogP contribution is -2.46. The van der Waals surface area contributed by atoms with Crippen LogP contribution in [0.3, 0.4) is 0 Å². The molecule has 0 aliphatic heterocycles. The monoisotopic (exact) mass is 282 g/mol. The van der Waals surface area contributed by atoms with Crippen LogP contribution in [0.15, 0.2) is 16.5 Å². The lowest BCUT2D eigenvalue weighted by atomic mass is 10.0. The van der Waals surface area contributed by atoms with E-state index in [0.29, 0.717) is 18.7 Å². The molecule has 0 saturated heterocycles. The van der Waals surface area contributed by atoms with Crippen molar-refractivity contribution in [1.29, 1.82) is 0 Å².